The van der Waals surface area contributed by atoms with Crippen LogP contribution < -0.4 is 5.73 Å². The van der Waals surface area contributed by atoms with Gasteiger partial charge in [0.2, 0.25) is 5.95 Å². The number of nitrogens with two attached hydrogens (primary N) is 1. The molecule has 1 aromatic carbocycles. The molecule has 5 nitrogen and oxygen atoms in total. The van der Waals surface area contributed by atoms with E-state index >= 15 is 0 Å². The molecule has 2 aromatic rings. The zero-order valence-corrected chi connectivity index (χ0v) is 9.11. The Hall–Kier alpha value is -2.08. The van der Waals surface area contributed by atoms with Gasteiger partial charge in [-0.25, -0.2) is 10.1 Å². The Kier molecular flexibility index (Phi) is 3.02. The predicted molar refractivity (Wildman–Crippen MR) is 66.0 cm³/mol. The van der Waals surface area contributed by atoms with Crippen LogP contribution in [0.4, 0.5) is 5.95 Å². The largest absolute Gasteiger partial charge is 0.389 e. The molecule has 1 heterocycles. The van der Waals surface area contributed by atoms with Gasteiger partial charge in [-0.05, 0) is 5.56 Å². The van der Waals surface area contributed by atoms with E-state index in [2.05, 4.69) is 20.2 Å². The number of aliphatic imine (C=N–C) groups is 1. The summed E-state index contributed by atoms with van der Waals surface area (Å²) in [5.41, 5.74) is 7.27. The van der Waals surface area contributed by atoms with Crippen LogP contribution in [-0.2, 0) is 0 Å². The first-order valence-corrected chi connectivity index (χ1v) is 4.96. The highest BCUT2D eigenvalue weighted by atomic mass is 32.1. The Bertz CT molecular complexity index is 501. The highest BCUT2D eigenvalue weighted by Crippen LogP contribution is 2.04. The maximum atomic E-state index is 5.49. The predicted octanol–water partition coefficient (Wildman–Crippen LogP) is 1.19. The van der Waals surface area contributed by atoms with Crippen molar-refractivity contribution in [1.82, 2.24) is 15.2 Å². The zero-order valence-electron chi connectivity index (χ0n) is 8.29. The van der Waals surface area contributed by atoms with Gasteiger partial charge in [0.05, 0.1) is 0 Å². The average molecular weight is 231 g/mol. The molecule has 0 spiro atoms. The minimum absolute atomic E-state index is 0.388. The summed E-state index contributed by atoms with van der Waals surface area (Å²) in [4.78, 5) is 8.35. The van der Waals surface area contributed by atoms with Crippen LogP contribution in [0.15, 0.2) is 35.6 Å². The van der Waals surface area contributed by atoms with Gasteiger partial charge in [0.25, 0.3) is 0 Å². The van der Waals surface area contributed by atoms with Crippen LogP contribution in [0.25, 0.3) is 0 Å². The van der Waals surface area contributed by atoms with Crippen LogP contribution in [0, 0.1) is 0 Å². The first kappa shape index (κ1) is 10.4. The molecule has 80 valence electrons. The Labute approximate surface area is 97.4 Å². The third-order valence-corrected chi connectivity index (χ3v) is 2.17. The molecule has 0 radical (unpaired) electrons. The molecule has 0 fully saturated rings. The number of nitrogens with zero attached hydrogens (tertiary/aromatic N) is 3. The van der Waals surface area contributed by atoms with Crippen molar-refractivity contribution >= 4 is 29.4 Å². The number of thiocarbonyl (C=S) groups is 1. The number of rotatable bonds is 3. The SMILES string of the molecule is NC(=S)c1ccc(C=Nc2ncn[nH]2)cc1. The summed E-state index contributed by atoms with van der Waals surface area (Å²) in [5.74, 6) is 0.471. The molecular formula is C10H9N5S. The molecule has 0 saturated heterocycles. The van der Waals surface area contributed by atoms with E-state index in [1.54, 1.807) is 6.21 Å². The van der Waals surface area contributed by atoms with Crippen molar-refractivity contribution in [3.63, 3.8) is 0 Å². The minimum atomic E-state index is 0.388. The number of H-pyrrole nitrogens is 1. The Morgan fingerprint density at radius 1 is 1.38 bits per heavy atom. The lowest BCUT2D eigenvalue weighted by molar-refractivity contribution is 1.08. The fourth-order valence-electron chi connectivity index (χ4n) is 1.13. The first-order valence-electron chi connectivity index (χ1n) is 4.55. The standard InChI is InChI=1S/C10H9N5S/c11-9(16)8-3-1-7(2-4-8)5-12-10-13-6-14-15-10/h1-6H,(H2,11,16)(H,13,14,15). The van der Waals surface area contributed by atoms with Crippen molar-refractivity contribution < 1.29 is 0 Å². The molecule has 0 saturated carbocycles. The van der Waals surface area contributed by atoms with E-state index in [4.69, 9.17) is 18.0 Å². The highest BCUT2D eigenvalue weighted by Gasteiger charge is 1.95. The third-order valence-electron chi connectivity index (χ3n) is 1.93. The molecule has 0 aliphatic heterocycles. The van der Waals surface area contributed by atoms with Gasteiger partial charge in [-0.3, -0.25) is 0 Å². The molecule has 0 aliphatic carbocycles. The van der Waals surface area contributed by atoms with Gasteiger partial charge < -0.3 is 5.73 Å². The van der Waals surface area contributed by atoms with E-state index in [0.29, 0.717) is 10.9 Å². The molecule has 3 N–H and O–H groups in total. The number of aromatic amines is 1. The summed E-state index contributed by atoms with van der Waals surface area (Å²) in [7, 11) is 0. The summed E-state index contributed by atoms with van der Waals surface area (Å²) in [6.45, 7) is 0. The summed E-state index contributed by atoms with van der Waals surface area (Å²) in [6.07, 6.45) is 3.09. The molecule has 0 aliphatic rings. The van der Waals surface area contributed by atoms with Gasteiger partial charge in [-0.15, -0.1) is 0 Å². The van der Waals surface area contributed by atoms with Crippen molar-refractivity contribution in [2.75, 3.05) is 0 Å². The number of benzene rings is 1. The monoisotopic (exact) mass is 231 g/mol. The van der Waals surface area contributed by atoms with E-state index in [9.17, 15) is 0 Å². The molecule has 0 amide bonds. The van der Waals surface area contributed by atoms with Gasteiger partial charge in [-0.2, -0.15) is 10.1 Å². The molecule has 0 atom stereocenters. The molecule has 1 aromatic heterocycles. The third kappa shape index (κ3) is 2.48. The van der Waals surface area contributed by atoms with Crippen LogP contribution in [0.2, 0.25) is 0 Å². The minimum Gasteiger partial charge on any atom is -0.389 e. The lowest BCUT2D eigenvalue weighted by Gasteiger charge is -1.97. The summed E-state index contributed by atoms with van der Waals surface area (Å²) >= 11 is 4.86. The van der Waals surface area contributed by atoms with Crippen LogP contribution in [0.1, 0.15) is 11.1 Å². The topological polar surface area (TPSA) is 79.9 Å². The van der Waals surface area contributed by atoms with Crippen molar-refractivity contribution in [2.24, 2.45) is 10.7 Å². The summed E-state index contributed by atoms with van der Waals surface area (Å²) < 4.78 is 0. The van der Waals surface area contributed by atoms with Crippen LogP contribution in [0.5, 0.6) is 0 Å². The van der Waals surface area contributed by atoms with Crippen LogP contribution in [-0.4, -0.2) is 26.4 Å². The fourth-order valence-corrected chi connectivity index (χ4v) is 1.27. The molecule has 6 heteroatoms. The molecule has 16 heavy (non-hydrogen) atoms. The Balaban J connectivity index is 2.14. The van der Waals surface area contributed by atoms with Crippen LogP contribution in [0.3, 0.4) is 0 Å². The highest BCUT2D eigenvalue weighted by molar-refractivity contribution is 7.80. The van der Waals surface area contributed by atoms with Crippen molar-refractivity contribution in [3.05, 3.63) is 41.7 Å². The molecule has 2 rings (SSSR count). The quantitative estimate of drug-likeness (QED) is 0.614. The summed E-state index contributed by atoms with van der Waals surface area (Å²) in [6, 6.07) is 7.47. The van der Waals surface area contributed by atoms with Crippen molar-refractivity contribution in [2.45, 2.75) is 0 Å². The lowest BCUT2D eigenvalue weighted by atomic mass is 10.1. The lowest BCUT2D eigenvalue weighted by Crippen LogP contribution is -2.08. The van der Waals surface area contributed by atoms with Gasteiger partial charge in [0.1, 0.15) is 11.3 Å². The second-order valence-corrected chi connectivity index (χ2v) is 3.49. The van der Waals surface area contributed by atoms with Gasteiger partial charge in [0.15, 0.2) is 0 Å². The maximum absolute atomic E-state index is 5.49. The molecule has 0 unspecified atom stereocenters. The number of hydrogen-bond acceptors (Lipinski definition) is 4. The smallest absolute Gasteiger partial charge is 0.245 e. The molecular weight excluding hydrogens is 222 g/mol. The zero-order chi connectivity index (χ0) is 11.4. The van der Waals surface area contributed by atoms with Crippen molar-refractivity contribution in [3.8, 4) is 0 Å². The Morgan fingerprint density at radius 2 is 2.12 bits per heavy atom. The summed E-state index contributed by atoms with van der Waals surface area (Å²) in [5, 5.41) is 6.33. The first-order chi connectivity index (χ1) is 7.75. The normalized spacial score (nSPS) is 10.8. The van der Waals surface area contributed by atoms with E-state index < -0.39 is 0 Å². The second kappa shape index (κ2) is 4.63. The van der Waals surface area contributed by atoms with Gasteiger partial charge in [0, 0.05) is 11.8 Å². The number of aromatic nitrogens is 3. The number of hydrogen-bond donors (Lipinski definition) is 2. The van der Waals surface area contributed by atoms with Crippen LogP contribution >= 0.6 is 12.2 Å². The van der Waals surface area contributed by atoms with Gasteiger partial charge in [-0.1, -0.05) is 36.5 Å². The Morgan fingerprint density at radius 3 is 2.69 bits per heavy atom. The fraction of sp³-hybridized carbons (Fsp3) is 0. The van der Waals surface area contributed by atoms with E-state index in [-0.39, 0.29) is 0 Å². The van der Waals surface area contributed by atoms with E-state index in [1.807, 2.05) is 24.3 Å². The number of nitrogens with one attached hydrogen (secondary N) is 1. The average Bonchev–Trinajstić information content (AvgIpc) is 2.80. The molecule has 0 bridgehead atoms. The maximum Gasteiger partial charge on any atom is 0.245 e. The second-order valence-electron chi connectivity index (χ2n) is 3.05. The van der Waals surface area contributed by atoms with Crippen molar-refractivity contribution in [1.29, 1.82) is 0 Å². The van der Waals surface area contributed by atoms with E-state index in [0.717, 1.165) is 11.1 Å². The van der Waals surface area contributed by atoms with E-state index in [1.165, 1.54) is 6.33 Å². The van der Waals surface area contributed by atoms with Gasteiger partial charge >= 0.3 is 0 Å².